The van der Waals surface area contributed by atoms with Gasteiger partial charge >= 0.3 is 0 Å². The molecule has 6 heteroatoms. The first kappa shape index (κ1) is 11.0. The highest BCUT2D eigenvalue weighted by atomic mass is 16.2. The van der Waals surface area contributed by atoms with Gasteiger partial charge in [0.15, 0.2) is 0 Å². The normalized spacial score (nSPS) is 10.1. The summed E-state index contributed by atoms with van der Waals surface area (Å²) in [4.78, 5) is 30.5. The maximum Gasteiger partial charge on any atom is 0.253 e. The Morgan fingerprint density at radius 1 is 1.24 bits per heavy atom. The molecule has 1 aromatic heterocycles. The van der Waals surface area contributed by atoms with Gasteiger partial charge < -0.3 is 11.1 Å². The van der Waals surface area contributed by atoms with E-state index in [1.165, 1.54) is 6.20 Å². The fraction of sp³-hybridized carbons (Fsp3) is 0.0909. The van der Waals surface area contributed by atoms with Crippen LogP contribution in [0.5, 0.6) is 0 Å². The minimum atomic E-state index is -0.593. The Morgan fingerprint density at radius 2 is 2.00 bits per heavy atom. The average molecular weight is 230 g/mol. The van der Waals surface area contributed by atoms with E-state index in [4.69, 9.17) is 5.73 Å². The summed E-state index contributed by atoms with van der Waals surface area (Å²) < 4.78 is 0. The largest absolute Gasteiger partial charge is 0.368 e. The number of para-hydroxylation sites is 1. The maximum absolute atomic E-state index is 11.8. The summed E-state index contributed by atoms with van der Waals surface area (Å²) in [7, 11) is 0. The summed E-state index contributed by atoms with van der Waals surface area (Å²) in [5, 5.41) is 2.41. The van der Waals surface area contributed by atoms with Crippen LogP contribution in [0.1, 0.15) is 10.4 Å². The summed E-state index contributed by atoms with van der Waals surface area (Å²) in [6.45, 7) is -0.199. The third-order valence-electron chi connectivity index (χ3n) is 2.17. The Balaban J connectivity index is 2.35. The van der Waals surface area contributed by atoms with Gasteiger partial charge in [0.25, 0.3) is 5.91 Å². The van der Waals surface area contributed by atoms with E-state index in [2.05, 4.69) is 15.3 Å². The van der Waals surface area contributed by atoms with E-state index in [-0.39, 0.29) is 6.54 Å². The van der Waals surface area contributed by atoms with Crippen molar-refractivity contribution >= 4 is 22.8 Å². The molecule has 0 aliphatic rings. The van der Waals surface area contributed by atoms with Gasteiger partial charge in [0, 0.05) is 12.4 Å². The highest BCUT2D eigenvalue weighted by molar-refractivity contribution is 6.05. The first-order chi connectivity index (χ1) is 8.18. The van der Waals surface area contributed by atoms with Crippen LogP contribution in [0, 0.1) is 0 Å². The fourth-order valence-electron chi connectivity index (χ4n) is 1.44. The molecular formula is C11H10N4O2. The molecule has 2 amide bonds. The van der Waals surface area contributed by atoms with E-state index in [9.17, 15) is 9.59 Å². The maximum atomic E-state index is 11.8. The van der Waals surface area contributed by atoms with E-state index in [1.54, 1.807) is 24.4 Å². The SMILES string of the molecule is NC(=O)CNC(=O)c1cccc2nccnc12. The quantitative estimate of drug-likeness (QED) is 0.765. The van der Waals surface area contributed by atoms with Crippen molar-refractivity contribution in [3.63, 3.8) is 0 Å². The second-order valence-electron chi connectivity index (χ2n) is 3.38. The van der Waals surface area contributed by atoms with E-state index in [0.717, 1.165) is 0 Å². The molecule has 0 spiro atoms. The zero-order chi connectivity index (χ0) is 12.3. The molecule has 2 aromatic rings. The van der Waals surface area contributed by atoms with Crippen LogP contribution in [0.25, 0.3) is 11.0 Å². The standard InChI is InChI=1S/C11H10N4O2/c12-9(16)6-15-11(17)7-2-1-3-8-10(7)14-5-4-13-8/h1-5H,6H2,(H2,12,16)(H,15,17). The van der Waals surface area contributed by atoms with Gasteiger partial charge in [-0.2, -0.15) is 0 Å². The lowest BCUT2D eigenvalue weighted by molar-refractivity contribution is -0.117. The zero-order valence-electron chi connectivity index (χ0n) is 8.88. The van der Waals surface area contributed by atoms with Crippen molar-refractivity contribution in [3.05, 3.63) is 36.2 Å². The van der Waals surface area contributed by atoms with Crippen molar-refractivity contribution in [1.82, 2.24) is 15.3 Å². The molecule has 2 rings (SSSR count). The third-order valence-corrected chi connectivity index (χ3v) is 2.17. The van der Waals surface area contributed by atoms with Crippen LogP contribution in [0.15, 0.2) is 30.6 Å². The van der Waals surface area contributed by atoms with Gasteiger partial charge in [-0.3, -0.25) is 19.6 Å². The molecule has 0 bridgehead atoms. The van der Waals surface area contributed by atoms with E-state index in [0.29, 0.717) is 16.6 Å². The molecule has 1 heterocycles. The monoisotopic (exact) mass is 230 g/mol. The number of carbonyl (C=O) groups is 2. The lowest BCUT2D eigenvalue weighted by Crippen LogP contribution is -2.33. The van der Waals surface area contributed by atoms with Crippen molar-refractivity contribution in [2.45, 2.75) is 0 Å². The lowest BCUT2D eigenvalue weighted by Gasteiger charge is -2.05. The minimum Gasteiger partial charge on any atom is -0.368 e. The molecule has 0 radical (unpaired) electrons. The Bertz CT molecular complexity index is 577. The van der Waals surface area contributed by atoms with Gasteiger partial charge in [0.1, 0.15) is 5.52 Å². The van der Waals surface area contributed by atoms with Gasteiger partial charge in [-0.15, -0.1) is 0 Å². The van der Waals surface area contributed by atoms with Crippen LogP contribution >= 0.6 is 0 Å². The van der Waals surface area contributed by atoms with Crippen molar-refractivity contribution < 1.29 is 9.59 Å². The number of hydrogen-bond donors (Lipinski definition) is 2. The zero-order valence-corrected chi connectivity index (χ0v) is 8.88. The van der Waals surface area contributed by atoms with Crippen LogP contribution in [-0.2, 0) is 4.79 Å². The molecule has 0 fully saturated rings. The van der Waals surface area contributed by atoms with E-state index >= 15 is 0 Å². The summed E-state index contributed by atoms with van der Waals surface area (Å²) in [6, 6.07) is 5.08. The molecule has 6 nitrogen and oxygen atoms in total. The molecule has 0 aliphatic carbocycles. The Kier molecular flexibility index (Phi) is 2.95. The fourth-order valence-corrected chi connectivity index (χ4v) is 1.44. The lowest BCUT2D eigenvalue weighted by atomic mass is 10.1. The number of nitrogens with zero attached hydrogens (tertiary/aromatic N) is 2. The molecule has 1 aromatic carbocycles. The highest BCUT2D eigenvalue weighted by Gasteiger charge is 2.11. The number of primary amides is 1. The summed E-state index contributed by atoms with van der Waals surface area (Å²) >= 11 is 0. The molecule has 0 saturated heterocycles. The smallest absolute Gasteiger partial charge is 0.253 e. The molecule has 0 aliphatic heterocycles. The second kappa shape index (κ2) is 4.56. The van der Waals surface area contributed by atoms with Crippen molar-refractivity contribution in [2.75, 3.05) is 6.54 Å². The molecule has 86 valence electrons. The van der Waals surface area contributed by atoms with Crippen molar-refractivity contribution in [3.8, 4) is 0 Å². The third kappa shape index (κ3) is 2.36. The molecule has 3 N–H and O–H groups in total. The predicted molar refractivity (Wildman–Crippen MR) is 61.1 cm³/mol. The number of aromatic nitrogens is 2. The Hall–Kier alpha value is -2.50. The van der Waals surface area contributed by atoms with Gasteiger partial charge in [-0.05, 0) is 12.1 Å². The van der Waals surface area contributed by atoms with E-state index in [1.807, 2.05) is 0 Å². The van der Waals surface area contributed by atoms with Crippen LogP contribution in [0.3, 0.4) is 0 Å². The minimum absolute atomic E-state index is 0.199. The van der Waals surface area contributed by atoms with Crippen LogP contribution in [0.2, 0.25) is 0 Å². The summed E-state index contributed by atoms with van der Waals surface area (Å²) in [5.41, 5.74) is 6.44. The highest BCUT2D eigenvalue weighted by Crippen LogP contribution is 2.13. The van der Waals surface area contributed by atoms with Crippen molar-refractivity contribution in [1.29, 1.82) is 0 Å². The first-order valence-corrected chi connectivity index (χ1v) is 4.94. The second-order valence-corrected chi connectivity index (χ2v) is 3.38. The predicted octanol–water partition coefficient (Wildman–Crippen LogP) is -0.155. The molecular weight excluding hydrogens is 220 g/mol. The number of hydrogen-bond acceptors (Lipinski definition) is 4. The first-order valence-electron chi connectivity index (χ1n) is 4.94. The Morgan fingerprint density at radius 3 is 2.76 bits per heavy atom. The van der Waals surface area contributed by atoms with Crippen molar-refractivity contribution in [2.24, 2.45) is 5.73 Å². The van der Waals surface area contributed by atoms with Crippen LogP contribution in [-0.4, -0.2) is 28.3 Å². The number of nitrogens with one attached hydrogen (secondary N) is 1. The molecule has 0 atom stereocenters. The van der Waals surface area contributed by atoms with Crippen LogP contribution < -0.4 is 11.1 Å². The summed E-state index contributed by atoms with van der Waals surface area (Å²) in [6.07, 6.45) is 3.06. The Labute approximate surface area is 96.9 Å². The van der Waals surface area contributed by atoms with Crippen LogP contribution in [0.4, 0.5) is 0 Å². The summed E-state index contributed by atoms with van der Waals surface area (Å²) in [5.74, 6) is -0.987. The molecule has 0 unspecified atom stereocenters. The van der Waals surface area contributed by atoms with Gasteiger partial charge in [0.05, 0.1) is 17.6 Å². The van der Waals surface area contributed by atoms with Gasteiger partial charge in [0.2, 0.25) is 5.91 Å². The van der Waals surface area contributed by atoms with Gasteiger partial charge in [-0.25, -0.2) is 0 Å². The topological polar surface area (TPSA) is 98.0 Å². The number of fused-ring (bicyclic) bond motifs is 1. The van der Waals surface area contributed by atoms with E-state index < -0.39 is 11.8 Å². The van der Waals surface area contributed by atoms with Gasteiger partial charge in [-0.1, -0.05) is 6.07 Å². The number of nitrogens with two attached hydrogens (primary N) is 1. The number of rotatable bonds is 3. The number of benzene rings is 1. The molecule has 0 saturated carbocycles. The number of amides is 2. The molecule has 17 heavy (non-hydrogen) atoms. The average Bonchev–Trinajstić information content (AvgIpc) is 2.35. The number of carbonyl (C=O) groups excluding carboxylic acids is 2.